The van der Waals surface area contributed by atoms with E-state index in [2.05, 4.69) is 10.3 Å². The van der Waals surface area contributed by atoms with Crippen molar-refractivity contribution in [2.75, 3.05) is 0 Å². The van der Waals surface area contributed by atoms with Crippen LogP contribution in [0, 0.1) is 27.7 Å². The van der Waals surface area contributed by atoms with Crippen LogP contribution >= 0.6 is 0 Å². The van der Waals surface area contributed by atoms with Crippen LogP contribution in [0.15, 0.2) is 40.2 Å². The van der Waals surface area contributed by atoms with Gasteiger partial charge in [-0.25, -0.2) is 8.42 Å². The summed E-state index contributed by atoms with van der Waals surface area (Å²) in [4.78, 5) is 25.8. The summed E-state index contributed by atoms with van der Waals surface area (Å²) in [5.74, 6) is -0.642. The maximum atomic E-state index is 12.6. The first-order valence-electron chi connectivity index (χ1n) is 7.67. The molecular weight excluding hydrogens is 342 g/mol. The fourth-order valence-corrected chi connectivity index (χ4v) is 4.02. The number of carbonyl (C=O) groups is 1. The molecule has 2 rings (SSSR count). The Kier molecular flexibility index (Phi) is 5.44. The Morgan fingerprint density at radius 2 is 1.68 bits per heavy atom. The van der Waals surface area contributed by atoms with Gasteiger partial charge in [0.2, 0.25) is 0 Å². The molecular formula is C17H21N3O4S. The van der Waals surface area contributed by atoms with Crippen molar-refractivity contribution in [3.05, 3.63) is 63.1 Å². The van der Waals surface area contributed by atoms with Crippen molar-refractivity contribution in [2.24, 2.45) is 0 Å². The average molecular weight is 363 g/mol. The van der Waals surface area contributed by atoms with E-state index in [1.807, 2.05) is 19.9 Å². The lowest BCUT2D eigenvalue weighted by molar-refractivity contribution is -0.122. The highest BCUT2D eigenvalue weighted by Gasteiger charge is 2.22. The van der Waals surface area contributed by atoms with Crippen molar-refractivity contribution >= 4 is 15.9 Å². The van der Waals surface area contributed by atoms with Crippen molar-refractivity contribution < 1.29 is 13.2 Å². The number of rotatable bonds is 5. The molecule has 8 heteroatoms. The molecule has 7 nitrogen and oxygen atoms in total. The monoisotopic (exact) mass is 363 g/mol. The van der Waals surface area contributed by atoms with Crippen LogP contribution in [-0.4, -0.2) is 18.9 Å². The summed E-state index contributed by atoms with van der Waals surface area (Å²) < 4.78 is 26.4. The average Bonchev–Trinajstić information content (AvgIpc) is 2.53. The molecule has 0 bridgehead atoms. The van der Waals surface area contributed by atoms with E-state index in [1.165, 1.54) is 16.8 Å². The van der Waals surface area contributed by atoms with Crippen LogP contribution in [0.3, 0.4) is 0 Å². The van der Waals surface area contributed by atoms with E-state index >= 15 is 0 Å². The minimum absolute atomic E-state index is 0.155. The van der Waals surface area contributed by atoms with Gasteiger partial charge >= 0.3 is 0 Å². The van der Waals surface area contributed by atoms with Gasteiger partial charge in [-0.1, -0.05) is 12.1 Å². The van der Waals surface area contributed by atoms with Crippen LogP contribution in [0.25, 0.3) is 0 Å². The molecule has 0 atom stereocenters. The summed E-state index contributed by atoms with van der Waals surface area (Å²) in [6, 6.07) is 6.41. The zero-order chi connectivity index (χ0) is 18.8. The second-order valence-corrected chi connectivity index (χ2v) is 7.53. The lowest BCUT2D eigenvalue weighted by Crippen LogP contribution is -2.44. The van der Waals surface area contributed by atoms with Gasteiger partial charge in [-0.05, 0) is 56.0 Å². The number of aromatic nitrogens is 1. The predicted molar refractivity (Wildman–Crippen MR) is 94.6 cm³/mol. The van der Waals surface area contributed by atoms with Crippen LogP contribution in [0.4, 0.5) is 0 Å². The normalized spacial score (nSPS) is 11.4. The summed E-state index contributed by atoms with van der Waals surface area (Å²) >= 11 is 0. The van der Waals surface area contributed by atoms with Gasteiger partial charge in [0.25, 0.3) is 21.5 Å². The van der Waals surface area contributed by atoms with E-state index in [0.717, 1.165) is 11.1 Å². The van der Waals surface area contributed by atoms with Crippen molar-refractivity contribution in [3.63, 3.8) is 0 Å². The molecule has 0 spiro atoms. The molecule has 2 N–H and O–H groups in total. The van der Waals surface area contributed by atoms with E-state index in [0.29, 0.717) is 11.1 Å². The van der Waals surface area contributed by atoms with E-state index in [4.69, 9.17) is 0 Å². The maximum Gasteiger partial charge on any atom is 0.257 e. The van der Waals surface area contributed by atoms with Crippen molar-refractivity contribution in [1.82, 2.24) is 14.8 Å². The molecule has 1 aromatic carbocycles. The quantitative estimate of drug-likeness (QED) is 0.777. The molecule has 1 amide bonds. The van der Waals surface area contributed by atoms with Crippen molar-refractivity contribution in [2.45, 2.75) is 39.1 Å². The molecule has 25 heavy (non-hydrogen) atoms. The number of hydrazine groups is 1. The number of nitrogens with one attached hydrogen (secondary N) is 2. The molecule has 0 unspecified atom stereocenters. The second kappa shape index (κ2) is 7.20. The molecule has 0 saturated heterocycles. The molecule has 0 aliphatic carbocycles. The number of nitrogens with zero attached hydrogens (tertiary/aromatic N) is 1. The van der Waals surface area contributed by atoms with Crippen molar-refractivity contribution in [3.8, 4) is 0 Å². The Labute approximate surface area is 146 Å². The molecule has 1 aromatic heterocycles. The van der Waals surface area contributed by atoms with Crippen LogP contribution in [0.1, 0.15) is 22.3 Å². The molecule has 0 radical (unpaired) electrons. The number of aryl methyl sites for hydroxylation is 2. The third-order valence-corrected chi connectivity index (χ3v) is 5.62. The highest BCUT2D eigenvalue weighted by molar-refractivity contribution is 7.89. The Hall–Kier alpha value is -2.45. The topological polar surface area (TPSA) is 97.3 Å². The number of carbonyl (C=O) groups excluding carboxylic acids is 1. The number of hydrogen-bond donors (Lipinski definition) is 2. The second-order valence-electron chi connectivity index (χ2n) is 5.91. The fourth-order valence-electron chi connectivity index (χ4n) is 2.54. The first-order valence-corrected chi connectivity index (χ1v) is 9.15. The largest absolute Gasteiger partial charge is 0.306 e. The molecule has 134 valence electrons. The zero-order valence-corrected chi connectivity index (χ0v) is 15.4. The zero-order valence-electron chi connectivity index (χ0n) is 14.6. The standard InChI is InChI=1S/C17H21N3O4S/c1-11-9-12(2)14(4)17(13(11)3)25(23,24)19-18-15(21)10-20-8-6-5-7-16(20)22/h5-9,19H,10H2,1-4H3,(H,18,21). The van der Waals surface area contributed by atoms with Gasteiger partial charge in [0.05, 0.1) is 4.90 Å². The Balaban J connectivity index is 2.19. The number of sulfonamides is 1. The number of pyridine rings is 1. The third-order valence-electron chi connectivity index (χ3n) is 4.10. The highest BCUT2D eigenvalue weighted by Crippen LogP contribution is 2.25. The summed E-state index contributed by atoms with van der Waals surface area (Å²) in [6.45, 7) is 6.83. The van der Waals surface area contributed by atoms with Gasteiger partial charge in [0.1, 0.15) is 6.54 Å². The number of hydrogen-bond acceptors (Lipinski definition) is 4. The fraction of sp³-hybridized carbons (Fsp3) is 0.294. The summed E-state index contributed by atoms with van der Waals surface area (Å²) in [5.41, 5.74) is 4.77. The van der Waals surface area contributed by atoms with Gasteiger partial charge in [-0.2, -0.15) is 0 Å². The van der Waals surface area contributed by atoms with Gasteiger partial charge in [-0.15, -0.1) is 4.83 Å². The number of amides is 1. The lowest BCUT2D eigenvalue weighted by atomic mass is 10.0. The van der Waals surface area contributed by atoms with Crippen molar-refractivity contribution in [1.29, 1.82) is 0 Å². The highest BCUT2D eigenvalue weighted by atomic mass is 32.2. The summed E-state index contributed by atoms with van der Waals surface area (Å²) in [7, 11) is -3.93. The van der Waals surface area contributed by atoms with Gasteiger partial charge in [-0.3, -0.25) is 15.0 Å². The minimum atomic E-state index is -3.93. The van der Waals surface area contributed by atoms with E-state index in [-0.39, 0.29) is 17.0 Å². The molecule has 2 aromatic rings. The number of benzene rings is 1. The van der Waals surface area contributed by atoms with Gasteiger partial charge in [0.15, 0.2) is 0 Å². The smallest absolute Gasteiger partial charge is 0.257 e. The lowest BCUT2D eigenvalue weighted by Gasteiger charge is -2.16. The molecule has 0 fully saturated rings. The Morgan fingerprint density at radius 3 is 2.24 bits per heavy atom. The molecule has 0 aliphatic rings. The van der Waals surface area contributed by atoms with Crippen LogP contribution < -0.4 is 15.8 Å². The summed E-state index contributed by atoms with van der Waals surface area (Å²) in [5, 5.41) is 0. The Morgan fingerprint density at radius 1 is 1.08 bits per heavy atom. The van der Waals surface area contributed by atoms with E-state index < -0.39 is 15.9 Å². The molecule has 0 aliphatic heterocycles. The van der Waals surface area contributed by atoms with E-state index in [1.54, 1.807) is 26.0 Å². The third kappa shape index (κ3) is 4.15. The first-order chi connectivity index (χ1) is 11.6. The maximum absolute atomic E-state index is 12.6. The SMILES string of the molecule is Cc1cc(C)c(C)c(S(=O)(=O)NNC(=O)Cn2ccccc2=O)c1C. The van der Waals surface area contributed by atoms with Crippen LogP contribution in [0.5, 0.6) is 0 Å². The molecule has 0 saturated carbocycles. The van der Waals surface area contributed by atoms with Gasteiger partial charge in [0, 0.05) is 12.3 Å². The summed E-state index contributed by atoms with van der Waals surface area (Å²) in [6.07, 6.45) is 1.45. The van der Waals surface area contributed by atoms with Crippen LogP contribution in [0.2, 0.25) is 0 Å². The van der Waals surface area contributed by atoms with Gasteiger partial charge < -0.3 is 4.57 Å². The Bertz CT molecular complexity index is 952. The molecule has 1 heterocycles. The van der Waals surface area contributed by atoms with Crippen LogP contribution in [-0.2, 0) is 21.4 Å². The minimum Gasteiger partial charge on any atom is -0.306 e. The van der Waals surface area contributed by atoms with E-state index in [9.17, 15) is 18.0 Å². The predicted octanol–water partition coefficient (Wildman–Crippen LogP) is 1.09. The first kappa shape index (κ1) is 18.9.